The molecule has 1 fully saturated rings. The van der Waals surface area contributed by atoms with Crippen LogP contribution in [0, 0.1) is 32.0 Å². The molecule has 2 aromatic rings. The molecule has 14 heteroatoms. The Hall–Kier alpha value is -4.85. The first-order chi connectivity index (χ1) is 21.0. The molecule has 0 amide bonds. The van der Waals surface area contributed by atoms with Gasteiger partial charge in [-0.05, 0) is 69.0 Å². The first kappa shape index (κ1) is 32.1. The molecular weight excluding hydrogens is 579 g/mol. The lowest BCUT2D eigenvalue weighted by Gasteiger charge is -2.35. The van der Waals surface area contributed by atoms with E-state index in [4.69, 9.17) is 14.3 Å². The standard InChI is InChI=1S/C30H33FN4O9/c1-18-25(29(36)42-3)27(22-5-4-6-24(17-22)34(38)39)26(19(2)32-18)30(37)43-16-15-33-13-11-21(12-14-33)28(44-35(40)41)20-7-9-23(31)10-8-20/h4-10,17,21,27-28,32H,11-16H2,1-3H3. The zero-order valence-corrected chi connectivity index (χ0v) is 24.5. The van der Waals surface area contributed by atoms with Crippen LogP contribution in [0.4, 0.5) is 10.1 Å². The minimum absolute atomic E-state index is 0.0188. The molecule has 44 heavy (non-hydrogen) atoms. The van der Waals surface area contributed by atoms with Crippen LogP contribution in [0.3, 0.4) is 0 Å². The highest BCUT2D eigenvalue weighted by Gasteiger charge is 2.38. The lowest BCUT2D eigenvalue weighted by atomic mass is 9.80. The van der Waals surface area contributed by atoms with E-state index in [1.54, 1.807) is 19.9 Å². The van der Waals surface area contributed by atoms with Gasteiger partial charge >= 0.3 is 11.9 Å². The van der Waals surface area contributed by atoms with Crippen molar-refractivity contribution < 1.29 is 38.3 Å². The third kappa shape index (κ3) is 7.37. The van der Waals surface area contributed by atoms with E-state index in [1.807, 2.05) is 0 Å². The van der Waals surface area contributed by atoms with Gasteiger partial charge in [-0.2, -0.15) is 0 Å². The van der Waals surface area contributed by atoms with Crippen molar-refractivity contribution in [1.82, 2.24) is 10.2 Å². The number of nitrogens with zero attached hydrogens (tertiary/aromatic N) is 3. The van der Waals surface area contributed by atoms with Crippen LogP contribution >= 0.6 is 0 Å². The number of carbonyl (C=O) groups excluding carboxylic acids is 2. The van der Waals surface area contributed by atoms with E-state index in [1.165, 1.54) is 49.6 Å². The van der Waals surface area contributed by atoms with Gasteiger partial charge in [-0.1, -0.05) is 24.3 Å². The van der Waals surface area contributed by atoms with Gasteiger partial charge in [-0.3, -0.25) is 15.0 Å². The number of ether oxygens (including phenoxy) is 2. The monoisotopic (exact) mass is 612 g/mol. The van der Waals surface area contributed by atoms with E-state index < -0.39 is 39.8 Å². The van der Waals surface area contributed by atoms with E-state index in [-0.39, 0.29) is 29.4 Å². The molecule has 0 aliphatic carbocycles. The van der Waals surface area contributed by atoms with Crippen LogP contribution in [0.5, 0.6) is 0 Å². The number of likely N-dealkylation sites (tertiary alicyclic amines) is 1. The van der Waals surface area contributed by atoms with Crippen LogP contribution < -0.4 is 5.32 Å². The summed E-state index contributed by atoms with van der Waals surface area (Å²) in [6.07, 6.45) is 0.310. The van der Waals surface area contributed by atoms with Crippen molar-refractivity contribution in [3.63, 3.8) is 0 Å². The molecule has 2 heterocycles. The van der Waals surface area contributed by atoms with Crippen LogP contribution in [0.2, 0.25) is 0 Å². The predicted molar refractivity (Wildman–Crippen MR) is 154 cm³/mol. The Kier molecular flexibility index (Phi) is 10.3. The molecule has 4 rings (SSSR count). The molecular formula is C30H33FN4O9. The molecule has 0 spiro atoms. The third-order valence-electron chi connectivity index (χ3n) is 7.90. The summed E-state index contributed by atoms with van der Waals surface area (Å²) in [7, 11) is 1.21. The number of hydrogen-bond donors (Lipinski definition) is 1. The highest BCUT2D eigenvalue weighted by Crippen LogP contribution is 2.40. The number of rotatable bonds is 11. The molecule has 0 saturated carbocycles. The summed E-state index contributed by atoms with van der Waals surface area (Å²) in [5.74, 6) is -2.96. The van der Waals surface area contributed by atoms with Gasteiger partial charge in [0.15, 0.2) is 0 Å². The lowest BCUT2D eigenvalue weighted by molar-refractivity contribution is -0.773. The second kappa shape index (κ2) is 14.1. The summed E-state index contributed by atoms with van der Waals surface area (Å²) in [6, 6.07) is 11.2. The van der Waals surface area contributed by atoms with Gasteiger partial charge in [0.25, 0.3) is 10.8 Å². The summed E-state index contributed by atoms with van der Waals surface area (Å²) < 4.78 is 24.0. The van der Waals surface area contributed by atoms with Crippen LogP contribution in [-0.4, -0.2) is 60.2 Å². The smallest absolute Gasteiger partial charge is 0.336 e. The molecule has 0 aromatic heterocycles. The first-order valence-corrected chi connectivity index (χ1v) is 14.0. The van der Waals surface area contributed by atoms with E-state index in [0.29, 0.717) is 55.0 Å². The molecule has 2 unspecified atom stereocenters. The summed E-state index contributed by atoms with van der Waals surface area (Å²) in [4.78, 5) is 55.4. The third-order valence-corrected chi connectivity index (χ3v) is 7.90. The van der Waals surface area contributed by atoms with Gasteiger partial charge in [0, 0.05) is 30.1 Å². The van der Waals surface area contributed by atoms with Gasteiger partial charge in [0.1, 0.15) is 18.5 Å². The molecule has 13 nitrogen and oxygen atoms in total. The van der Waals surface area contributed by atoms with Crippen molar-refractivity contribution in [2.24, 2.45) is 5.92 Å². The number of non-ortho nitro benzene ring substituents is 1. The molecule has 2 aliphatic heterocycles. The van der Waals surface area contributed by atoms with Crippen LogP contribution in [0.1, 0.15) is 49.8 Å². The maximum absolute atomic E-state index is 13.5. The number of nitro benzene ring substituents is 1. The number of halogens is 1. The zero-order chi connectivity index (χ0) is 32.0. The number of hydrogen-bond acceptors (Lipinski definition) is 11. The van der Waals surface area contributed by atoms with Gasteiger partial charge in [-0.15, -0.1) is 10.1 Å². The fourth-order valence-electron chi connectivity index (χ4n) is 5.79. The van der Waals surface area contributed by atoms with Crippen molar-refractivity contribution in [1.29, 1.82) is 0 Å². The number of nitro groups is 1. The van der Waals surface area contributed by atoms with Crippen molar-refractivity contribution in [2.75, 3.05) is 33.4 Å². The van der Waals surface area contributed by atoms with Crippen LogP contribution in [-0.2, 0) is 23.9 Å². The number of benzene rings is 2. The second-order valence-corrected chi connectivity index (χ2v) is 10.6. The molecule has 0 bridgehead atoms. The van der Waals surface area contributed by atoms with Crippen molar-refractivity contribution in [2.45, 2.75) is 38.7 Å². The van der Waals surface area contributed by atoms with E-state index in [2.05, 4.69) is 10.2 Å². The summed E-state index contributed by atoms with van der Waals surface area (Å²) >= 11 is 0. The Morgan fingerprint density at radius 1 is 1.02 bits per heavy atom. The topological polar surface area (TPSA) is 163 Å². The number of esters is 2. The van der Waals surface area contributed by atoms with Gasteiger partial charge in [-0.25, -0.2) is 14.0 Å². The minimum Gasteiger partial charge on any atom is -0.466 e. The highest BCUT2D eigenvalue weighted by molar-refractivity contribution is 5.99. The first-order valence-electron chi connectivity index (χ1n) is 14.0. The van der Waals surface area contributed by atoms with Gasteiger partial charge in [0.05, 0.1) is 29.1 Å². The minimum atomic E-state index is -0.961. The molecule has 0 radical (unpaired) electrons. The summed E-state index contributed by atoms with van der Waals surface area (Å²) in [5.41, 5.74) is 1.85. The average Bonchev–Trinajstić information content (AvgIpc) is 3.00. The zero-order valence-electron chi connectivity index (χ0n) is 24.5. The Bertz CT molecular complexity index is 1480. The maximum Gasteiger partial charge on any atom is 0.336 e. The fraction of sp³-hybridized carbons (Fsp3) is 0.400. The number of piperidine rings is 1. The predicted octanol–water partition coefficient (Wildman–Crippen LogP) is 4.35. The number of dihydropyridines is 1. The molecule has 2 atom stereocenters. The summed E-state index contributed by atoms with van der Waals surface area (Å²) in [6.45, 7) is 4.85. The average molecular weight is 613 g/mol. The Morgan fingerprint density at radius 3 is 2.25 bits per heavy atom. The highest BCUT2D eigenvalue weighted by atomic mass is 19.1. The van der Waals surface area contributed by atoms with Crippen LogP contribution in [0.25, 0.3) is 0 Å². The van der Waals surface area contributed by atoms with Crippen molar-refractivity contribution >= 4 is 17.6 Å². The Balaban J connectivity index is 1.43. The van der Waals surface area contributed by atoms with E-state index >= 15 is 0 Å². The lowest BCUT2D eigenvalue weighted by Crippen LogP contribution is -2.39. The van der Waals surface area contributed by atoms with Gasteiger partial charge in [0.2, 0.25) is 0 Å². The fourth-order valence-corrected chi connectivity index (χ4v) is 5.79. The summed E-state index contributed by atoms with van der Waals surface area (Å²) in [5, 5.41) is 24.8. The number of nitrogens with one attached hydrogen (secondary N) is 1. The quantitative estimate of drug-likeness (QED) is 0.218. The van der Waals surface area contributed by atoms with E-state index in [9.17, 15) is 34.2 Å². The number of allylic oxidation sites excluding steroid dienone is 2. The van der Waals surface area contributed by atoms with E-state index in [0.717, 1.165) is 0 Å². The molecule has 1 saturated heterocycles. The number of carbonyl (C=O) groups is 2. The van der Waals surface area contributed by atoms with Crippen molar-refractivity contribution in [3.05, 3.63) is 108 Å². The van der Waals surface area contributed by atoms with Crippen LogP contribution in [0.15, 0.2) is 71.1 Å². The SMILES string of the molecule is COC(=O)C1=C(C)NC(C)=C(C(=O)OCCN2CCC(C(O[N+](=O)[O-])c3ccc(F)cc3)CC2)C1c1cccc([N+](=O)[O-])c1. The molecule has 2 aliphatic rings. The second-order valence-electron chi connectivity index (χ2n) is 10.6. The Labute approximate surface area is 252 Å². The molecule has 234 valence electrons. The molecule has 2 aromatic carbocycles. The Morgan fingerprint density at radius 2 is 1.66 bits per heavy atom. The van der Waals surface area contributed by atoms with Gasteiger partial charge < -0.3 is 19.6 Å². The number of methoxy groups -OCH3 is 1. The molecule has 1 N–H and O–H groups in total. The largest absolute Gasteiger partial charge is 0.466 e. The normalized spacial score (nSPS) is 18.3. The van der Waals surface area contributed by atoms with Crippen molar-refractivity contribution in [3.8, 4) is 0 Å². The maximum atomic E-state index is 13.5.